The van der Waals surface area contributed by atoms with E-state index in [0.29, 0.717) is 29.1 Å². The number of benzene rings is 2. The molecule has 0 fully saturated rings. The standard InChI is InChI=1S/C20H24O2/c1-14(2)19(15(3)4)16-10-12-18(13-11-16)22-20(21)17-8-6-5-7-9-17/h5-15,19H,1-4H3. The molecule has 0 saturated heterocycles. The Hall–Kier alpha value is -2.09. The summed E-state index contributed by atoms with van der Waals surface area (Å²) in [6.07, 6.45) is 0. The lowest BCUT2D eigenvalue weighted by Gasteiger charge is -2.25. The quantitative estimate of drug-likeness (QED) is 0.552. The molecule has 0 atom stereocenters. The van der Waals surface area contributed by atoms with E-state index in [1.54, 1.807) is 12.1 Å². The van der Waals surface area contributed by atoms with Gasteiger partial charge in [0.2, 0.25) is 0 Å². The smallest absolute Gasteiger partial charge is 0.343 e. The van der Waals surface area contributed by atoms with Gasteiger partial charge in [0.15, 0.2) is 0 Å². The van der Waals surface area contributed by atoms with Gasteiger partial charge in [-0.1, -0.05) is 58.0 Å². The van der Waals surface area contributed by atoms with Crippen molar-refractivity contribution in [2.45, 2.75) is 33.6 Å². The largest absolute Gasteiger partial charge is 0.423 e. The van der Waals surface area contributed by atoms with E-state index in [0.717, 1.165) is 0 Å². The maximum absolute atomic E-state index is 12.0. The molecule has 0 aliphatic rings. The van der Waals surface area contributed by atoms with Crippen molar-refractivity contribution < 1.29 is 9.53 Å². The molecule has 0 unspecified atom stereocenters. The van der Waals surface area contributed by atoms with Gasteiger partial charge >= 0.3 is 5.97 Å². The van der Waals surface area contributed by atoms with Crippen molar-refractivity contribution in [1.82, 2.24) is 0 Å². The second-order valence-corrected chi connectivity index (χ2v) is 6.34. The predicted octanol–water partition coefficient (Wildman–Crippen LogP) is 5.30. The summed E-state index contributed by atoms with van der Waals surface area (Å²) in [4.78, 5) is 12.0. The number of carbonyl (C=O) groups excluding carboxylic acids is 1. The molecule has 2 aromatic carbocycles. The highest BCUT2D eigenvalue weighted by Gasteiger charge is 2.19. The minimum Gasteiger partial charge on any atom is -0.423 e. The zero-order chi connectivity index (χ0) is 16.1. The number of carbonyl (C=O) groups is 1. The van der Waals surface area contributed by atoms with Gasteiger partial charge < -0.3 is 4.74 Å². The minimum absolute atomic E-state index is 0.322. The summed E-state index contributed by atoms with van der Waals surface area (Å²) in [5.41, 5.74) is 1.86. The number of rotatable bonds is 5. The van der Waals surface area contributed by atoms with Crippen LogP contribution in [0.4, 0.5) is 0 Å². The SMILES string of the molecule is CC(C)C(c1ccc(OC(=O)c2ccccc2)cc1)C(C)C. The molecule has 0 heterocycles. The van der Waals surface area contributed by atoms with Crippen LogP contribution in [0.25, 0.3) is 0 Å². The molecule has 0 aliphatic heterocycles. The van der Waals surface area contributed by atoms with Crippen LogP contribution < -0.4 is 4.74 Å². The second-order valence-electron chi connectivity index (χ2n) is 6.34. The second kappa shape index (κ2) is 7.26. The van der Waals surface area contributed by atoms with Crippen molar-refractivity contribution in [2.75, 3.05) is 0 Å². The third-order valence-corrected chi connectivity index (χ3v) is 3.92. The molecule has 0 saturated carbocycles. The van der Waals surface area contributed by atoms with E-state index in [-0.39, 0.29) is 5.97 Å². The number of esters is 1. The van der Waals surface area contributed by atoms with Gasteiger partial charge in [0.05, 0.1) is 5.56 Å². The summed E-state index contributed by atoms with van der Waals surface area (Å²) in [5, 5.41) is 0. The molecule has 0 amide bonds. The van der Waals surface area contributed by atoms with Crippen LogP contribution in [0.3, 0.4) is 0 Å². The first kappa shape index (κ1) is 16.3. The lowest BCUT2D eigenvalue weighted by Crippen LogP contribution is -2.13. The molecular weight excluding hydrogens is 272 g/mol. The van der Waals surface area contributed by atoms with E-state index in [9.17, 15) is 4.79 Å². The minimum atomic E-state index is -0.322. The van der Waals surface area contributed by atoms with E-state index in [1.165, 1.54) is 5.56 Å². The Bertz CT molecular complexity index is 589. The number of hydrogen-bond donors (Lipinski definition) is 0. The molecular formula is C20H24O2. The fourth-order valence-electron chi connectivity index (χ4n) is 3.04. The van der Waals surface area contributed by atoms with Gasteiger partial charge in [0, 0.05) is 0 Å². The Kier molecular flexibility index (Phi) is 5.37. The van der Waals surface area contributed by atoms with E-state index in [2.05, 4.69) is 39.8 Å². The van der Waals surface area contributed by atoms with E-state index in [4.69, 9.17) is 4.74 Å². The number of ether oxygens (including phenoxy) is 1. The van der Waals surface area contributed by atoms with Crippen LogP contribution in [0.15, 0.2) is 54.6 Å². The van der Waals surface area contributed by atoms with Crippen LogP contribution in [0, 0.1) is 11.8 Å². The van der Waals surface area contributed by atoms with Crippen molar-refractivity contribution >= 4 is 5.97 Å². The van der Waals surface area contributed by atoms with Crippen molar-refractivity contribution in [2.24, 2.45) is 11.8 Å². The maximum atomic E-state index is 12.0. The average molecular weight is 296 g/mol. The van der Waals surface area contributed by atoms with Crippen LogP contribution in [0.2, 0.25) is 0 Å². The summed E-state index contributed by atoms with van der Waals surface area (Å²) in [7, 11) is 0. The molecule has 2 aromatic rings. The van der Waals surface area contributed by atoms with E-state index < -0.39 is 0 Å². The normalized spacial score (nSPS) is 11.2. The zero-order valence-corrected chi connectivity index (χ0v) is 13.7. The van der Waals surface area contributed by atoms with Crippen LogP contribution in [-0.2, 0) is 0 Å². The maximum Gasteiger partial charge on any atom is 0.343 e. The fourth-order valence-corrected chi connectivity index (χ4v) is 3.04. The molecule has 0 aliphatic carbocycles. The van der Waals surface area contributed by atoms with Crippen LogP contribution in [0.5, 0.6) is 5.75 Å². The Morgan fingerprint density at radius 1 is 0.818 bits per heavy atom. The van der Waals surface area contributed by atoms with Crippen LogP contribution in [0.1, 0.15) is 49.5 Å². The predicted molar refractivity (Wildman–Crippen MR) is 90.3 cm³/mol. The van der Waals surface area contributed by atoms with E-state index >= 15 is 0 Å². The van der Waals surface area contributed by atoms with Gasteiger partial charge in [0.25, 0.3) is 0 Å². The van der Waals surface area contributed by atoms with Gasteiger partial charge in [-0.3, -0.25) is 0 Å². The first-order chi connectivity index (χ1) is 10.5. The molecule has 22 heavy (non-hydrogen) atoms. The highest BCUT2D eigenvalue weighted by atomic mass is 16.5. The van der Waals surface area contributed by atoms with Crippen molar-refractivity contribution in [3.8, 4) is 5.75 Å². The molecule has 0 aromatic heterocycles. The summed E-state index contributed by atoms with van der Waals surface area (Å²) >= 11 is 0. The third kappa shape index (κ3) is 3.97. The Labute approximate surface area is 133 Å². The molecule has 0 bridgehead atoms. The lowest BCUT2D eigenvalue weighted by atomic mass is 9.80. The van der Waals surface area contributed by atoms with Crippen LogP contribution in [-0.4, -0.2) is 5.97 Å². The van der Waals surface area contributed by atoms with Gasteiger partial charge in [-0.25, -0.2) is 4.79 Å². The Morgan fingerprint density at radius 2 is 1.36 bits per heavy atom. The van der Waals surface area contributed by atoms with Crippen molar-refractivity contribution in [1.29, 1.82) is 0 Å². The summed E-state index contributed by atoms with van der Waals surface area (Å²) in [5.74, 6) is 1.94. The zero-order valence-electron chi connectivity index (χ0n) is 13.7. The van der Waals surface area contributed by atoms with Crippen molar-refractivity contribution in [3.05, 3.63) is 65.7 Å². The third-order valence-electron chi connectivity index (χ3n) is 3.92. The van der Waals surface area contributed by atoms with Gasteiger partial charge in [-0.2, -0.15) is 0 Å². The van der Waals surface area contributed by atoms with Gasteiger partial charge in [0.1, 0.15) is 5.75 Å². The first-order valence-electron chi connectivity index (χ1n) is 7.86. The molecule has 116 valence electrons. The highest BCUT2D eigenvalue weighted by Crippen LogP contribution is 2.32. The molecule has 0 radical (unpaired) electrons. The number of hydrogen-bond acceptors (Lipinski definition) is 2. The molecule has 2 nitrogen and oxygen atoms in total. The monoisotopic (exact) mass is 296 g/mol. The molecule has 0 N–H and O–H groups in total. The molecule has 2 rings (SSSR count). The summed E-state index contributed by atoms with van der Waals surface area (Å²) in [6, 6.07) is 16.9. The van der Waals surface area contributed by atoms with Crippen LogP contribution >= 0.6 is 0 Å². The summed E-state index contributed by atoms with van der Waals surface area (Å²) < 4.78 is 5.42. The highest BCUT2D eigenvalue weighted by molar-refractivity contribution is 5.90. The van der Waals surface area contributed by atoms with Crippen molar-refractivity contribution in [3.63, 3.8) is 0 Å². The lowest BCUT2D eigenvalue weighted by molar-refractivity contribution is 0.0734. The topological polar surface area (TPSA) is 26.3 Å². The first-order valence-corrected chi connectivity index (χ1v) is 7.86. The van der Waals surface area contributed by atoms with Gasteiger partial charge in [-0.15, -0.1) is 0 Å². The Morgan fingerprint density at radius 3 is 1.86 bits per heavy atom. The average Bonchev–Trinajstić information content (AvgIpc) is 2.49. The van der Waals surface area contributed by atoms with E-state index in [1.807, 2.05) is 30.3 Å². The Balaban J connectivity index is 2.11. The molecule has 0 spiro atoms. The molecule has 2 heteroatoms. The van der Waals surface area contributed by atoms with Gasteiger partial charge in [-0.05, 0) is 47.6 Å². The summed E-state index contributed by atoms with van der Waals surface area (Å²) in [6.45, 7) is 8.98. The fraction of sp³-hybridized carbons (Fsp3) is 0.350.